The van der Waals surface area contributed by atoms with Crippen molar-refractivity contribution in [2.45, 2.75) is 23.6 Å². The molecule has 0 saturated heterocycles. The van der Waals surface area contributed by atoms with Gasteiger partial charge in [0.25, 0.3) is 0 Å². The highest BCUT2D eigenvalue weighted by Crippen LogP contribution is 2.22. The highest BCUT2D eigenvalue weighted by Gasteiger charge is 2.09. The normalized spacial score (nSPS) is 12.6. The summed E-state index contributed by atoms with van der Waals surface area (Å²) >= 11 is 1.66. The van der Waals surface area contributed by atoms with Gasteiger partial charge in [-0.15, -0.1) is 22.0 Å². The lowest BCUT2D eigenvalue weighted by atomic mass is 10.4. The molecule has 1 aromatic carbocycles. The third kappa shape index (κ3) is 2.84. The lowest BCUT2D eigenvalue weighted by Crippen LogP contribution is -2.04. The molecule has 16 heavy (non-hydrogen) atoms. The van der Waals surface area contributed by atoms with Gasteiger partial charge in [-0.05, 0) is 19.1 Å². The van der Waals surface area contributed by atoms with Crippen LogP contribution in [0, 0.1) is 0 Å². The predicted molar refractivity (Wildman–Crippen MR) is 62.9 cm³/mol. The first-order chi connectivity index (χ1) is 7.75. The molecule has 0 radical (unpaired) electrons. The van der Waals surface area contributed by atoms with Crippen molar-refractivity contribution in [3.63, 3.8) is 0 Å². The second-order valence-corrected chi connectivity index (χ2v) is 4.47. The Morgan fingerprint density at radius 3 is 2.69 bits per heavy atom. The van der Waals surface area contributed by atoms with E-state index in [9.17, 15) is 0 Å². The van der Waals surface area contributed by atoms with E-state index in [4.69, 9.17) is 10.2 Å². The number of nitrogens with zero attached hydrogens (tertiary/aromatic N) is 2. The number of rotatable bonds is 4. The van der Waals surface area contributed by atoms with E-state index in [0.717, 1.165) is 0 Å². The van der Waals surface area contributed by atoms with E-state index in [0.29, 0.717) is 17.5 Å². The Balaban J connectivity index is 1.95. The molecule has 84 valence electrons. The molecule has 0 spiro atoms. The first kappa shape index (κ1) is 11.2. The second kappa shape index (κ2) is 5.14. The minimum absolute atomic E-state index is 0.206. The Morgan fingerprint density at radius 1 is 1.31 bits per heavy atom. The van der Waals surface area contributed by atoms with Gasteiger partial charge in [0.2, 0.25) is 11.8 Å². The molecule has 0 amide bonds. The predicted octanol–water partition coefficient (Wildman–Crippen LogP) is 2.38. The topological polar surface area (TPSA) is 64.9 Å². The summed E-state index contributed by atoms with van der Waals surface area (Å²) in [6.45, 7) is 1.82. The molecular weight excluding hydrogens is 222 g/mol. The van der Waals surface area contributed by atoms with Crippen LogP contribution in [-0.2, 0) is 5.75 Å². The largest absolute Gasteiger partial charge is 0.423 e. The first-order valence-electron chi connectivity index (χ1n) is 5.01. The number of nitrogens with two attached hydrogens (primary N) is 1. The van der Waals surface area contributed by atoms with Crippen LogP contribution in [0.5, 0.6) is 0 Å². The molecule has 0 aliphatic rings. The van der Waals surface area contributed by atoms with E-state index in [1.807, 2.05) is 37.3 Å². The highest BCUT2D eigenvalue weighted by molar-refractivity contribution is 7.98. The molecular formula is C11H13N3OS. The van der Waals surface area contributed by atoms with Crippen molar-refractivity contribution < 1.29 is 4.42 Å². The van der Waals surface area contributed by atoms with Crippen LogP contribution in [0.4, 0.5) is 0 Å². The lowest BCUT2D eigenvalue weighted by molar-refractivity contribution is 0.439. The number of thioether (sulfide) groups is 1. The van der Waals surface area contributed by atoms with Gasteiger partial charge in [-0.3, -0.25) is 0 Å². The van der Waals surface area contributed by atoms with Gasteiger partial charge >= 0.3 is 0 Å². The molecule has 2 N–H and O–H groups in total. The third-order valence-corrected chi connectivity index (χ3v) is 2.97. The van der Waals surface area contributed by atoms with Gasteiger partial charge in [-0.2, -0.15) is 0 Å². The van der Waals surface area contributed by atoms with Crippen molar-refractivity contribution in [2.75, 3.05) is 0 Å². The average molecular weight is 235 g/mol. The Morgan fingerprint density at radius 2 is 2.06 bits per heavy atom. The van der Waals surface area contributed by atoms with Gasteiger partial charge < -0.3 is 10.2 Å². The summed E-state index contributed by atoms with van der Waals surface area (Å²) in [5.74, 6) is 1.77. The Labute approximate surface area is 98.2 Å². The summed E-state index contributed by atoms with van der Waals surface area (Å²) in [5, 5.41) is 7.81. The Hall–Kier alpha value is -1.33. The van der Waals surface area contributed by atoms with E-state index in [-0.39, 0.29) is 6.04 Å². The first-order valence-corrected chi connectivity index (χ1v) is 6.00. The smallest absolute Gasteiger partial charge is 0.232 e. The molecule has 5 heteroatoms. The maximum atomic E-state index is 5.63. The van der Waals surface area contributed by atoms with Gasteiger partial charge in [-0.25, -0.2) is 0 Å². The Bertz CT molecular complexity index is 442. The fraction of sp³-hybridized carbons (Fsp3) is 0.273. The average Bonchev–Trinajstić information content (AvgIpc) is 2.76. The van der Waals surface area contributed by atoms with Crippen LogP contribution in [0.2, 0.25) is 0 Å². The summed E-state index contributed by atoms with van der Waals surface area (Å²) in [6, 6.07) is 9.89. The number of hydrogen-bond acceptors (Lipinski definition) is 5. The highest BCUT2D eigenvalue weighted by atomic mass is 32.2. The Kier molecular flexibility index (Phi) is 3.58. The maximum Gasteiger partial charge on any atom is 0.232 e. The van der Waals surface area contributed by atoms with Crippen molar-refractivity contribution in [2.24, 2.45) is 5.73 Å². The van der Waals surface area contributed by atoms with Crippen LogP contribution in [0.1, 0.15) is 24.7 Å². The minimum atomic E-state index is -0.206. The van der Waals surface area contributed by atoms with Gasteiger partial charge in [0, 0.05) is 4.90 Å². The lowest BCUT2D eigenvalue weighted by Gasteiger charge is -1.97. The maximum absolute atomic E-state index is 5.63. The summed E-state index contributed by atoms with van der Waals surface area (Å²) < 4.78 is 5.40. The van der Waals surface area contributed by atoms with Crippen molar-refractivity contribution in [3.8, 4) is 0 Å². The zero-order valence-electron chi connectivity index (χ0n) is 8.96. The molecule has 1 heterocycles. The van der Waals surface area contributed by atoms with Crippen molar-refractivity contribution in [1.82, 2.24) is 10.2 Å². The quantitative estimate of drug-likeness (QED) is 0.824. The van der Waals surface area contributed by atoms with Crippen LogP contribution in [0.15, 0.2) is 39.6 Å². The summed E-state index contributed by atoms with van der Waals surface area (Å²) in [6.07, 6.45) is 0. The zero-order valence-corrected chi connectivity index (χ0v) is 9.78. The van der Waals surface area contributed by atoms with E-state index in [1.54, 1.807) is 11.8 Å². The number of hydrogen-bond donors (Lipinski definition) is 1. The molecule has 4 nitrogen and oxygen atoms in total. The molecule has 0 bridgehead atoms. The number of aromatic nitrogens is 2. The van der Waals surface area contributed by atoms with E-state index in [2.05, 4.69) is 10.2 Å². The summed E-state index contributed by atoms with van der Waals surface area (Å²) in [5.41, 5.74) is 5.63. The molecule has 1 unspecified atom stereocenters. The molecule has 1 atom stereocenters. The summed E-state index contributed by atoms with van der Waals surface area (Å²) in [7, 11) is 0. The molecule has 1 aromatic heterocycles. The fourth-order valence-electron chi connectivity index (χ4n) is 1.17. The molecule has 2 aromatic rings. The van der Waals surface area contributed by atoms with Gasteiger partial charge in [0.05, 0.1) is 11.8 Å². The molecule has 0 aliphatic carbocycles. The second-order valence-electron chi connectivity index (χ2n) is 3.42. The van der Waals surface area contributed by atoms with E-state index >= 15 is 0 Å². The van der Waals surface area contributed by atoms with Gasteiger partial charge in [0.1, 0.15) is 0 Å². The van der Waals surface area contributed by atoms with Gasteiger partial charge in [-0.1, -0.05) is 18.2 Å². The van der Waals surface area contributed by atoms with Crippen LogP contribution in [0.3, 0.4) is 0 Å². The number of benzene rings is 1. The van der Waals surface area contributed by atoms with Crippen LogP contribution < -0.4 is 5.73 Å². The minimum Gasteiger partial charge on any atom is -0.423 e. The van der Waals surface area contributed by atoms with Gasteiger partial charge in [0.15, 0.2) is 0 Å². The molecule has 0 fully saturated rings. The van der Waals surface area contributed by atoms with E-state index < -0.39 is 0 Å². The molecule has 0 aliphatic heterocycles. The standard InChI is InChI=1S/C11H13N3OS/c1-8(12)11-14-13-10(15-11)7-16-9-5-3-2-4-6-9/h2-6,8H,7,12H2,1H3. The van der Waals surface area contributed by atoms with Crippen molar-refractivity contribution in [3.05, 3.63) is 42.1 Å². The third-order valence-electron chi connectivity index (χ3n) is 1.98. The van der Waals surface area contributed by atoms with Crippen molar-refractivity contribution in [1.29, 1.82) is 0 Å². The van der Waals surface area contributed by atoms with Crippen LogP contribution in [0.25, 0.3) is 0 Å². The van der Waals surface area contributed by atoms with Crippen LogP contribution in [-0.4, -0.2) is 10.2 Å². The van der Waals surface area contributed by atoms with Crippen molar-refractivity contribution >= 4 is 11.8 Å². The summed E-state index contributed by atoms with van der Waals surface area (Å²) in [4.78, 5) is 1.18. The zero-order chi connectivity index (χ0) is 11.4. The van der Waals surface area contributed by atoms with Crippen LogP contribution >= 0.6 is 11.8 Å². The monoisotopic (exact) mass is 235 g/mol. The molecule has 2 rings (SSSR count). The van der Waals surface area contributed by atoms with E-state index in [1.165, 1.54) is 4.90 Å². The SMILES string of the molecule is CC(N)c1nnc(CSc2ccccc2)o1. The molecule has 0 saturated carbocycles. The fourth-order valence-corrected chi connectivity index (χ4v) is 1.93.